The molecule has 0 saturated heterocycles. The van der Waals surface area contributed by atoms with Crippen molar-refractivity contribution in [3.63, 3.8) is 0 Å². The number of oxime groups is 1. The van der Waals surface area contributed by atoms with Gasteiger partial charge in [-0.25, -0.2) is 9.78 Å². The molecule has 0 saturated carbocycles. The van der Waals surface area contributed by atoms with Gasteiger partial charge in [-0.05, 0) is 23.8 Å². The Kier molecular flexibility index (Phi) is 6.04. The number of hydrogen-bond donors (Lipinski definition) is 0. The highest BCUT2D eigenvalue weighted by molar-refractivity contribution is 5.82. The number of nitrogens with zero attached hydrogens (tertiary/aromatic N) is 4. The minimum Gasteiger partial charge on any atom is -0.363 e. The topological polar surface area (TPSA) is 58.0 Å². The fraction of sp³-hybridized carbons (Fsp3) is 0.278. The van der Waals surface area contributed by atoms with Gasteiger partial charge >= 0.3 is 12.3 Å². The van der Waals surface area contributed by atoms with Crippen molar-refractivity contribution >= 4 is 18.1 Å². The number of halogens is 3. The van der Waals surface area contributed by atoms with Crippen LogP contribution < -0.4 is 4.90 Å². The number of amides is 1. The Hall–Kier alpha value is -3.10. The highest BCUT2D eigenvalue weighted by Gasteiger charge is 2.32. The zero-order valence-corrected chi connectivity index (χ0v) is 15.3. The van der Waals surface area contributed by atoms with Crippen LogP contribution in [0.5, 0.6) is 0 Å². The van der Waals surface area contributed by atoms with Crippen molar-refractivity contribution in [3.8, 4) is 11.3 Å². The molecule has 0 unspecified atom stereocenters. The average molecular weight is 380 g/mol. The third-order valence-electron chi connectivity index (χ3n) is 3.48. The van der Waals surface area contributed by atoms with E-state index in [9.17, 15) is 18.0 Å². The monoisotopic (exact) mass is 380 g/mol. The molecule has 0 atom stereocenters. The second-order valence-corrected chi connectivity index (χ2v) is 6.10. The van der Waals surface area contributed by atoms with E-state index in [0.717, 1.165) is 12.1 Å². The van der Waals surface area contributed by atoms with Gasteiger partial charge in [0.1, 0.15) is 5.82 Å². The van der Waals surface area contributed by atoms with Crippen molar-refractivity contribution in [1.82, 2.24) is 9.88 Å². The number of hydrogen-bond acceptors (Lipinski definition) is 5. The number of alkyl halides is 3. The summed E-state index contributed by atoms with van der Waals surface area (Å²) < 4.78 is 39.6. The van der Waals surface area contributed by atoms with Gasteiger partial charge in [0, 0.05) is 33.8 Å². The lowest BCUT2D eigenvalue weighted by Crippen LogP contribution is -2.20. The van der Waals surface area contributed by atoms with Crippen LogP contribution in [0.25, 0.3) is 11.3 Å². The molecular weight excluding hydrogens is 361 g/mol. The highest BCUT2D eigenvalue weighted by Crippen LogP contribution is 2.33. The molecule has 144 valence electrons. The number of benzene rings is 1. The first-order valence-corrected chi connectivity index (χ1v) is 7.86. The van der Waals surface area contributed by atoms with E-state index >= 15 is 0 Å². The number of rotatable bonds is 4. The van der Waals surface area contributed by atoms with E-state index < -0.39 is 17.8 Å². The van der Waals surface area contributed by atoms with Crippen LogP contribution in [0.4, 0.5) is 23.8 Å². The van der Waals surface area contributed by atoms with Crippen LogP contribution in [0.2, 0.25) is 0 Å². The number of pyridine rings is 1. The van der Waals surface area contributed by atoms with Gasteiger partial charge in [0.15, 0.2) is 0 Å². The van der Waals surface area contributed by atoms with Crippen molar-refractivity contribution in [3.05, 3.63) is 47.5 Å². The van der Waals surface area contributed by atoms with E-state index in [-0.39, 0.29) is 11.5 Å². The summed E-state index contributed by atoms with van der Waals surface area (Å²) in [4.78, 5) is 23.0. The summed E-state index contributed by atoms with van der Waals surface area (Å²) in [5, 5.41) is 3.58. The molecule has 1 aromatic carbocycles. The Bertz CT molecular complexity index is 849. The predicted molar refractivity (Wildman–Crippen MR) is 96.8 cm³/mol. The Balaban J connectivity index is 2.37. The summed E-state index contributed by atoms with van der Waals surface area (Å²) in [7, 11) is 6.27. The molecule has 0 N–H and O–H groups in total. The van der Waals surface area contributed by atoms with Crippen LogP contribution >= 0.6 is 0 Å². The Morgan fingerprint density at radius 3 is 2.44 bits per heavy atom. The highest BCUT2D eigenvalue weighted by atomic mass is 19.4. The summed E-state index contributed by atoms with van der Waals surface area (Å²) >= 11 is 0. The van der Waals surface area contributed by atoms with Crippen LogP contribution in [0.3, 0.4) is 0 Å². The second kappa shape index (κ2) is 8.07. The smallest absolute Gasteiger partial charge is 0.363 e. The van der Waals surface area contributed by atoms with E-state index in [1.54, 1.807) is 38.4 Å². The van der Waals surface area contributed by atoms with Crippen molar-refractivity contribution in [2.45, 2.75) is 6.18 Å². The van der Waals surface area contributed by atoms with Gasteiger partial charge in [0.2, 0.25) is 0 Å². The fourth-order valence-electron chi connectivity index (χ4n) is 2.05. The molecule has 0 bridgehead atoms. The van der Waals surface area contributed by atoms with Crippen molar-refractivity contribution < 1.29 is 22.8 Å². The average Bonchev–Trinajstić information content (AvgIpc) is 2.60. The molecule has 0 aliphatic heterocycles. The van der Waals surface area contributed by atoms with Gasteiger partial charge in [-0.15, -0.1) is 0 Å². The standard InChI is InChI=1S/C18H19F3N4O2/c1-24(2)16-10-14(18(19,20)21)9-15(23-16)13-7-5-6-12(8-13)11-22-27-17(26)25(3)4/h5-11H,1-4H3/b22-11-. The number of carbonyl (C=O) groups is 1. The molecule has 2 rings (SSSR count). The van der Waals surface area contributed by atoms with Gasteiger partial charge < -0.3 is 9.80 Å². The molecule has 0 aliphatic rings. The third kappa shape index (κ3) is 5.44. The molecule has 0 aliphatic carbocycles. The second-order valence-electron chi connectivity index (χ2n) is 6.10. The first kappa shape index (κ1) is 20.2. The maximum absolute atomic E-state index is 13.2. The first-order chi connectivity index (χ1) is 12.6. The number of aromatic nitrogens is 1. The molecule has 0 spiro atoms. The Morgan fingerprint density at radius 1 is 1.15 bits per heavy atom. The Morgan fingerprint density at radius 2 is 1.85 bits per heavy atom. The van der Waals surface area contributed by atoms with Crippen LogP contribution in [-0.2, 0) is 11.0 Å². The van der Waals surface area contributed by atoms with Crippen LogP contribution in [0, 0.1) is 0 Å². The van der Waals surface area contributed by atoms with Gasteiger partial charge in [0.05, 0.1) is 17.5 Å². The molecular formula is C18H19F3N4O2. The quantitative estimate of drug-likeness (QED) is 0.459. The van der Waals surface area contributed by atoms with Crippen LogP contribution in [0.15, 0.2) is 41.6 Å². The largest absolute Gasteiger partial charge is 0.435 e. The lowest BCUT2D eigenvalue weighted by atomic mass is 10.1. The maximum Gasteiger partial charge on any atom is 0.435 e. The SMILES string of the molecule is CN(C)C(=O)O/N=C\c1cccc(-c2cc(C(F)(F)F)cc(N(C)C)n2)c1. The van der Waals surface area contributed by atoms with Gasteiger partial charge in [-0.2, -0.15) is 13.2 Å². The minimum absolute atomic E-state index is 0.175. The van der Waals surface area contributed by atoms with Crippen LogP contribution in [0.1, 0.15) is 11.1 Å². The van der Waals surface area contributed by atoms with Crippen LogP contribution in [-0.4, -0.2) is 50.4 Å². The normalized spacial score (nSPS) is 11.5. The van der Waals surface area contributed by atoms with Gasteiger partial charge in [0.25, 0.3) is 0 Å². The van der Waals surface area contributed by atoms with E-state index in [0.29, 0.717) is 11.1 Å². The van der Waals surface area contributed by atoms with E-state index in [2.05, 4.69) is 15.0 Å². The molecule has 2 aromatic rings. The number of carbonyl (C=O) groups excluding carboxylic acids is 1. The summed E-state index contributed by atoms with van der Waals surface area (Å²) in [5.41, 5.74) is 0.418. The minimum atomic E-state index is -4.48. The zero-order chi connectivity index (χ0) is 20.2. The van der Waals surface area contributed by atoms with E-state index in [1.165, 1.54) is 30.1 Å². The van der Waals surface area contributed by atoms with E-state index in [4.69, 9.17) is 0 Å². The van der Waals surface area contributed by atoms with Crippen molar-refractivity contribution in [2.24, 2.45) is 5.16 Å². The molecule has 27 heavy (non-hydrogen) atoms. The summed E-state index contributed by atoms with van der Waals surface area (Å²) in [6, 6.07) is 8.57. The van der Waals surface area contributed by atoms with Crippen molar-refractivity contribution in [2.75, 3.05) is 33.1 Å². The summed E-state index contributed by atoms with van der Waals surface area (Å²) in [6.45, 7) is 0. The van der Waals surface area contributed by atoms with Crippen molar-refractivity contribution in [1.29, 1.82) is 0 Å². The lowest BCUT2D eigenvalue weighted by molar-refractivity contribution is -0.137. The molecule has 0 radical (unpaired) electrons. The molecule has 9 heteroatoms. The first-order valence-electron chi connectivity index (χ1n) is 7.86. The maximum atomic E-state index is 13.2. The predicted octanol–water partition coefficient (Wildman–Crippen LogP) is 3.87. The number of anilines is 1. The molecule has 1 heterocycles. The molecule has 6 nitrogen and oxygen atoms in total. The van der Waals surface area contributed by atoms with Gasteiger partial charge in [-0.1, -0.05) is 23.4 Å². The summed E-state index contributed by atoms with van der Waals surface area (Å²) in [6.07, 6.45) is -3.83. The van der Waals surface area contributed by atoms with E-state index in [1.807, 2.05) is 0 Å². The lowest BCUT2D eigenvalue weighted by Gasteiger charge is -2.16. The molecule has 0 fully saturated rings. The molecule has 1 amide bonds. The molecule has 1 aromatic heterocycles. The zero-order valence-electron chi connectivity index (χ0n) is 15.3. The fourth-order valence-corrected chi connectivity index (χ4v) is 2.05. The summed E-state index contributed by atoms with van der Waals surface area (Å²) in [5.74, 6) is 0.193. The van der Waals surface area contributed by atoms with Gasteiger partial charge in [-0.3, -0.25) is 4.84 Å². The Labute approximate surface area is 154 Å². The third-order valence-corrected chi connectivity index (χ3v) is 3.48.